The van der Waals surface area contributed by atoms with Crippen molar-refractivity contribution in [1.82, 2.24) is 10.6 Å². The van der Waals surface area contributed by atoms with Crippen LogP contribution in [0, 0.1) is 0 Å². The van der Waals surface area contributed by atoms with E-state index >= 15 is 0 Å². The molecule has 4 N–H and O–H groups in total. The van der Waals surface area contributed by atoms with E-state index in [1.807, 2.05) is 0 Å². The Balaban J connectivity index is 3.82. The van der Waals surface area contributed by atoms with Crippen molar-refractivity contribution in [2.45, 2.75) is 45.3 Å². The summed E-state index contributed by atoms with van der Waals surface area (Å²) in [6, 6.07) is 0. The highest BCUT2D eigenvalue weighted by atomic mass is 16.6. The van der Waals surface area contributed by atoms with Gasteiger partial charge in [-0.15, -0.1) is 0 Å². The summed E-state index contributed by atoms with van der Waals surface area (Å²) in [6.07, 6.45) is -2.15. The molecular formula is C12H22N2O6. The zero-order valence-electron chi connectivity index (χ0n) is 11.9. The van der Waals surface area contributed by atoms with Gasteiger partial charge in [0.25, 0.3) is 0 Å². The maximum atomic E-state index is 11.3. The number of aliphatic carboxylic acids is 1. The highest BCUT2D eigenvalue weighted by Gasteiger charge is 2.17. The van der Waals surface area contributed by atoms with Gasteiger partial charge in [0, 0.05) is 13.1 Å². The number of carbonyl (C=O) groups excluding carboxylic acids is 2. The van der Waals surface area contributed by atoms with Crippen molar-refractivity contribution in [3.8, 4) is 0 Å². The normalized spacial score (nSPS) is 12.4. The highest BCUT2D eigenvalue weighted by molar-refractivity contribution is 5.77. The summed E-state index contributed by atoms with van der Waals surface area (Å²) in [4.78, 5) is 32.8. The molecule has 20 heavy (non-hydrogen) atoms. The molecule has 0 aliphatic carbocycles. The number of nitrogens with one attached hydrogen (secondary N) is 2. The van der Waals surface area contributed by atoms with E-state index in [1.54, 1.807) is 20.8 Å². The molecule has 1 atom stereocenters. The first-order valence-electron chi connectivity index (χ1n) is 6.23. The smallest absolute Gasteiger partial charge is 0.407 e. The van der Waals surface area contributed by atoms with Crippen molar-refractivity contribution in [3.63, 3.8) is 0 Å². The number of aliphatic hydroxyl groups is 1. The van der Waals surface area contributed by atoms with Gasteiger partial charge in [-0.05, 0) is 20.8 Å². The fourth-order valence-corrected chi connectivity index (χ4v) is 1.18. The summed E-state index contributed by atoms with van der Waals surface area (Å²) in [7, 11) is 0. The van der Waals surface area contributed by atoms with E-state index in [0.717, 1.165) is 0 Å². The maximum Gasteiger partial charge on any atom is 0.407 e. The Hall–Kier alpha value is -1.83. The average Bonchev–Trinajstić information content (AvgIpc) is 2.23. The number of carboxylic acids is 1. The fraction of sp³-hybridized carbons (Fsp3) is 0.750. The van der Waals surface area contributed by atoms with Gasteiger partial charge in [0.2, 0.25) is 5.91 Å². The van der Waals surface area contributed by atoms with Gasteiger partial charge >= 0.3 is 12.1 Å². The van der Waals surface area contributed by atoms with E-state index in [1.165, 1.54) is 0 Å². The summed E-state index contributed by atoms with van der Waals surface area (Å²) < 4.78 is 4.96. The highest BCUT2D eigenvalue weighted by Crippen LogP contribution is 2.06. The van der Waals surface area contributed by atoms with Gasteiger partial charge in [-0.2, -0.15) is 0 Å². The number of alkyl carbamates (subject to hydrolysis) is 1. The molecule has 0 aromatic rings. The topological polar surface area (TPSA) is 125 Å². The Morgan fingerprint density at radius 1 is 1.20 bits per heavy atom. The van der Waals surface area contributed by atoms with Crippen LogP contribution in [0.5, 0.6) is 0 Å². The van der Waals surface area contributed by atoms with E-state index in [2.05, 4.69) is 10.6 Å². The van der Waals surface area contributed by atoms with Crippen LogP contribution in [-0.2, 0) is 14.3 Å². The number of hydrogen-bond acceptors (Lipinski definition) is 5. The second-order valence-electron chi connectivity index (χ2n) is 5.23. The molecule has 0 spiro atoms. The number of carboxylic acid groups (broad SMARTS) is 1. The minimum Gasteiger partial charge on any atom is -0.481 e. The van der Waals surface area contributed by atoms with E-state index < -0.39 is 29.7 Å². The molecule has 0 bridgehead atoms. The van der Waals surface area contributed by atoms with Crippen LogP contribution in [0.4, 0.5) is 4.79 Å². The molecule has 0 heterocycles. The second kappa shape index (κ2) is 8.36. The summed E-state index contributed by atoms with van der Waals surface area (Å²) in [5, 5.41) is 22.6. The first-order chi connectivity index (χ1) is 9.10. The van der Waals surface area contributed by atoms with Crippen LogP contribution in [0.25, 0.3) is 0 Å². The SMILES string of the molecule is CC(C)(C)OC(=O)NCC(O)CC(=O)NCCC(=O)O. The van der Waals surface area contributed by atoms with Crippen molar-refractivity contribution in [3.05, 3.63) is 0 Å². The number of carbonyl (C=O) groups is 3. The van der Waals surface area contributed by atoms with Crippen LogP contribution >= 0.6 is 0 Å². The number of ether oxygens (including phenoxy) is 1. The van der Waals surface area contributed by atoms with Crippen molar-refractivity contribution >= 4 is 18.0 Å². The maximum absolute atomic E-state index is 11.3. The summed E-state index contributed by atoms with van der Waals surface area (Å²) in [5.74, 6) is -1.50. The van der Waals surface area contributed by atoms with Crippen LogP contribution in [0.3, 0.4) is 0 Å². The van der Waals surface area contributed by atoms with E-state index in [-0.39, 0.29) is 25.9 Å². The van der Waals surface area contributed by atoms with Gasteiger partial charge < -0.3 is 25.6 Å². The quantitative estimate of drug-likeness (QED) is 0.517. The minimum atomic E-state index is -1.06. The molecule has 0 rings (SSSR count). The molecule has 0 saturated heterocycles. The van der Waals surface area contributed by atoms with E-state index in [0.29, 0.717) is 0 Å². The first kappa shape index (κ1) is 18.2. The van der Waals surface area contributed by atoms with Crippen LogP contribution in [0.15, 0.2) is 0 Å². The first-order valence-corrected chi connectivity index (χ1v) is 6.23. The van der Waals surface area contributed by atoms with Crippen LogP contribution < -0.4 is 10.6 Å². The summed E-state index contributed by atoms with van der Waals surface area (Å²) in [6.45, 7) is 5.00. The Labute approximate surface area is 117 Å². The monoisotopic (exact) mass is 290 g/mol. The number of amides is 2. The number of rotatable bonds is 7. The summed E-state index contributed by atoms with van der Waals surface area (Å²) >= 11 is 0. The summed E-state index contributed by atoms with van der Waals surface area (Å²) in [5.41, 5.74) is -0.636. The lowest BCUT2D eigenvalue weighted by Gasteiger charge is -2.20. The predicted octanol–water partition coefficient (Wildman–Crippen LogP) is -0.147. The number of hydrogen-bond donors (Lipinski definition) is 4. The lowest BCUT2D eigenvalue weighted by atomic mass is 10.2. The van der Waals surface area contributed by atoms with Crippen LogP contribution in [-0.4, -0.2) is 53.0 Å². The van der Waals surface area contributed by atoms with Crippen molar-refractivity contribution < 1.29 is 29.3 Å². The third-order valence-corrected chi connectivity index (χ3v) is 1.96. The average molecular weight is 290 g/mol. The second-order valence-corrected chi connectivity index (χ2v) is 5.23. The molecule has 0 fully saturated rings. The molecule has 0 radical (unpaired) electrons. The zero-order chi connectivity index (χ0) is 15.8. The molecule has 8 heteroatoms. The van der Waals surface area contributed by atoms with Gasteiger partial charge in [0.05, 0.1) is 18.9 Å². The lowest BCUT2D eigenvalue weighted by molar-refractivity contribution is -0.136. The van der Waals surface area contributed by atoms with Gasteiger partial charge in [-0.3, -0.25) is 9.59 Å². The van der Waals surface area contributed by atoms with Gasteiger partial charge in [-0.25, -0.2) is 4.79 Å². The molecule has 116 valence electrons. The molecule has 8 nitrogen and oxygen atoms in total. The minimum absolute atomic E-state index is 0.000378. The third kappa shape index (κ3) is 11.3. The molecular weight excluding hydrogens is 268 g/mol. The van der Waals surface area contributed by atoms with Crippen LogP contribution in [0.1, 0.15) is 33.6 Å². The Morgan fingerprint density at radius 3 is 2.30 bits per heavy atom. The van der Waals surface area contributed by atoms with Crippen molar-refractivity contribution in [2.75, 3.05) is 13.1 Å². The van der Waals surface area contributed by atoms with E-state index in [4.69, 9.17) is 9.84 Å². The van der Waals surface area contributed by atoms with Crippen molar-refractivity contribution in [2.24, 2.45) is 0 Å². The van der Waals surface area contributed by atoms with Gasteiger partial charge in [-0.1, -0.05) is 0 Å². The Morgan fingerprint density at radius 2 is 1.80 bits per heavy atom. The Kier molecular flexibility index (Phi) is 7.60. The molecule has 2 amide bonds. The molecule has 0 aliphatic heterocycles. The Bertz CT molecular complexity index is 350. The largest absolute Gasteiger partial charge is 0.481 e. The molecule has 0 aliphatic rings. The predicted molar refractivity (Wildman–Crippen MR) is 70.1 cm³/mol. The van der Waals surface area contributed by atoms with Gasteiger partial charge in [0.1, 0.15) is 5.60 Å². The number of aliphatic hydroxyl groups excluding tert-OH is 1. The standard InChI is InChI=1S/C12H22N2O6/c1-12(2,3)20-11(19)14-7-8(15)6-9(16)13-5-4-10(17)18/h8,15H,4-7H2,1-3H3,(H,13,16)(H,14,19)(H,17,18). The third-order valence-electron chi connectivity index (χ3n) is 1.96. The molecule has 0 saturated carbocycles. The molecule has 1 unspecified atom stereocenters. The lowest BCUT2D eigenvalue weighted by Crippen LogP contribution is -2.39. The van der Waals surface area contributed by atoms with Crippen LogP contribution in [0.2, 0.25) is 0 Å². The molecule has 0 aromatic heterocycles. The zero-order valence-corrected chi connectivity index (χ0v) is 11.9. The fourth-order valence-electron chi connectivity index (χ4n) is 1.18. The van der Waals surface area contributed by atoms with Crippen molar-refractivity contribution in [1.29, 1.82) is 0 Å². The van der Waals surface area contributed by atoms with Gasteiger partial charge in [0.15, 0.2) is 0 Å². The molecule has 0 aromatic carbocycles. The van der Waals surface area contributed by atoms with E-state index in [9.17, 15) is 19.5 Å².